The molecule has 0 saturated carbocycles. The average molecular weight is 340 g/mol. The summed E-state index contributed by atoms with van der Waals surface area (Å²) in [4.78, 5) is 2.21. The van der Waals surface area contributed by atoms with Crippen molar-refractivity contribution in [3.8, 4) is 17.3 Å². The molecule has 130 valence electrons. The molecule has 1 aliphatic rings. The number of benzene rings is 1. The molecule has 4 rings (SSSR count). The highest BCUT2D eigenvalue weighted by Crippen LogP contribution is 2.35. The molecule has 6 nitrogen and oxygen atoms in total. The summed E-state index contributed by atoms with van der Waals surface area (Å²) in [5.41, 5.74) is 1.94. The summed E-state index contributed by atoms with van der Waals surface area (Å²) < 4.78 is 16.0. The molecule has 3 heterocycles. The number of rotatable bonds is 5. The molecule has 0 aliphatic carbocycles. The van der Waals surface area contributed by atoms with Gasteiger partial charge < -0.3 is 18.8 Å². The number of hydrogen-bond donors (Lipinski definition) is 1. The molecule has 1 saturated heterocycles. The van der Waals surface area contributed by atoms with E-state index in [0.717, 1.165) is 17.0 Å². The number of methoxy groups -OCH3 is 1. The van der Waals surface area contributed by atoms with Gasteiger partial charge in [-0.05, 0) is 36.2 Å². The second-order valence-corrected chi connectivity index (χ2v) is 6.27. The normalized spacial score (nSPS) is 20.9. The van der Waals surface area contributed by atoms with Gasteiger partial charge in [-0.1, -0.05) is 17.3 Å². The summed E-state index contributed by atoms with van der Waals surface area (Å²) in [6.07, 6.45) is 1.94. The molecule has 2 atom stereocenters. The zero-order chi connectivity index (χ0) is 17.2. The highest BCUT2D eigenvalue weighted by atomic mass is 16.5. The van der Waals surface area contributed by atoms with E-state index in [1.165, 1.54) is 0 Å². The maximum absolute atomic E-state index is 10.2. The van der Waals surface area contributed by atoms with Crippen molar-refractivity contribution in [3.63, 3.8) is 0 Å². The van der Waals surface area contributed by atoms with Gasteiger partial charge in [0.1, 0.15) is 5.75 Å². The molecule has 2 aromatic heterocycles. The molecular formula is C19H20N2O4. The minimum Gasteiger partial charge on any atom is -0.497 e. The summed E-state index contributed by atoms with van der Waals surface area (Å²) in [5.74, 6) is 2.09. The van der Waals surface area contributed by atoms with Crippen molar-refractivity contribution >= 4 is 0 Å². The Bertz CT molecular complexity index is 828. The van der Waals surface area contributed by atoms with Crippen LogP contribution in [0.5, 0.6) is 5.75 Å². The fourth-order valence-corrected chi connectivity index (χ4v) is 3.38. The average Bonchev–Trinajstić information content (AvgIpc) is 3.36. The molecule has 0 amide bonds. The Morgan fingerprint density at radius 1 is 1.24 bits per heavy atom. The topological polar surface area (TPSA) is 71.9 Å². The van der Waals surface area contributed by atoms with Gasteiger partial charge in [-0.3, -0.25) is 4.90 Å². The minimum absolute atomic E-state index is 0.119. The second-order valence-electron chi connectivity index (χ2n) is 6.27. The summed E-state index contributed by atoms with van der Waals surface area (Å²) in [7, 11) is 1.66. The zero-order valence-electron chi connectivity index (χ0n) is 14.0. The van der Waals surface area contributed by atoms with Gasteiger partial charge in [0.2, 0.25) is 5.76 Å². The van der Waals surface area contributed by atoms with Gasteiger partial charge in [0.05, 0.1) is 25.2 Å². The van der Waals surface area contributed by atoms with Gasteiger partial charge in [0.25, 0.3) is 0 Å². The zero-order valence-corrected chi connectivity index (χ0v) is 14.0. The summed E-state index contributed by atoms with van der Waals surface area (Å²) in [5, 5.41) is 14.3. The first-order chi connectivity index (χ1) is 12.2. The third-order valence-corrected chi connectivity index (χ3v) is 4.55. The predicted molar refractivity (Wildman–Crippen MR) is 91.0 cm³/mol. The van der Waals surface area contributed by atoms with Crippen molar-refractivity contribution < 1.29 is 18.8 Å². The Balaban J connectivity index is 1.54. The van der Waals surface area contributed by atoms with Crippen molar-refractivity contribution in [2.45, 2.75) is 25.1 Å². The Kier molecular flexibility index (Phi) is 4.29. The monoisotopic (exact) mass is 340 g/mol. The van der Waals surface area contributed by atoms with Crippen LogP contribution in [0.2, 0.25) is 0 Å². The van der Waals surface area contributed by atoms with Crippen molar-refractivity contribution in [2.24, 2.45) is 0 Å². The van der Waals surface area contributed by atoms with Gasteiger partial charge in [-0.15, -0.1) is 0 Å². The van der Waals surface area contributed by atoms with Crippen LogP contribution < -0.4 is 4.74 Å². The van der Waals surface area contributed by atoms with Crippen molar-refractivity contribution in [2.75, 3.05) is 13.7 Å². The van der Waals surface area contributed by atoms with Gasteiger partial charge in [-0.2, -0.15) is 0 Å². The van der Waals surface area contributed by atoms with E-state index in [4.69, 9.17) is 13.7 Å². The number of aliphatic hydroxyl groups excluding tert-OH is 1. The van der Waals surface area contributed by atoms with Gasteiger partial charge in [-0.25, -0.2) is 0 Å². The Labute approximate surface area is 145 Å². The molecule has 1 fully saturated rings. The number of ether oxygens (including phenoxy) is 1. The van der Waals surface area contributed by atoms with Crippen molar-refractivity contribution in [1.29, 1.82) is 0 Å². The van der Waals surface area contributed by atoms with E-state index in [1.54, 1.807) is 13.4 Å². The first kappa shape index (κ1) is 15.9. The molecule has 3 aromatic rings. The van der Waals surface area contributed by atoms with Crippen molar-refractivity contribution in [1.82, 2.24) is 10.1 Å². The number of β-amino-alcohol motifs (C(OH)–C–C–N with tert-alkyl or cyclic N) is 1. The van der Waals surface area contributed by atoms with Crippen LogP contribution in [-0.2, 0) is 6.54 Å². The highest BCUT2D eigenvalue weighted by Gasteiger charge is 2.32. The van der Waals surface area contributed by atoms with E-state index in [-0.39, 0.29) is 12.1 Å². The highest BCUT2D eigenvalue weighted by molar-refractivity contribution is 5.49. The minimum atomic E-state index is -0.354. The third-order valence-electron chi connectivity index (χ3n) is 4.55. The number of nitrogens with zero attached hydrogens (tertiary/aromatic N) is 2. The van der Waals surface area contributed by atoms with E-state index < -0.39 is 0 Å². The number of aliphatic hydroxyl groups is 1. The summed E-state index contributed by atoms with van der Waals surface area (Å²) in [6, 6.07) is 13.6. The number of hydrogen-bond acceptors (Lipinski definition) is 6. The largest absolute Gasteiger partial charge is 0.497 e. The lowest BCUT2D eigenvalue weighted by Crippen LogP contribution is -2.24. The van der Waals surface area contributed by atoms with Gasteiger partial charge in [0.15, 0.2) is 5.76 Å². The Morgan fingerprint density at radius 2 is 2.16 bits per heavy atom. The molecule has 1 N–H and O–H groups in total. The first-order valence-electron chi connectivity index (χ1n) is 8.28. The molecule has 0 radical (unpaired) electrons. The molecule has 0 bridgehead atoms. The fourth-order valence-electron chi connectivity index (χ4n) is 3.38. The molecule has 1 aromatic carbocycles. The van der Waals surface area contributed by atoms with Crippen LogP contribution in [0, 0.1) is 0 Å². The van der Waals surface area contributed by atoms with Crippen LogP contribution in [0.1, 0.15) is 23.7 Å². The van der Waals surface area contributed by atoms with Crippen LogP contribution in [-0.4, -0.2) is 34.9 Å². The molecule has 0 spiro atoms. The van der Waals surface area contributed by atoms with Crippen LogP contribution in [0.3, 0.4) is 0 Å². The van der Waals surface area contributed by atoms with E-state index in [1.807, 2.05) is 36.4 Å². The molecular weight excluding hydrogens is 320 g/mol. The second kappa shape index (κ2) is 6.74. The van der Waals surface area contributed by atoms with E-state index in [0.29, 0.717) is 31.0 Å². The molecule has 0 unspecified atom stereocenters. The van der Waals surface area contributed by atoms with Crippen LogP contribution in [0.25, 0.3) is 11.5 Å². The van der Waals surface area contributed by atoms with Gasteiger partial charge in [0, 0.05) is 25.2 Å². The number of aromatic nitrogens is 1. The first-order valence-corrected chi connectivity index (χ1v) is 8.28. The number of likely N-dealkylation sites (tertiary alicyclic amines) is 1. The van der Waals surface area contributed by atoms with Crippen LogP contribution in [0.15, 0.2) is 57.7 Å². The van der Waals surface area contributed by atoms with E-state index in [2.05, 4.69) is 16.1 Å². The number of furan rings is 1. The molecule has 6 heteroatoms. The van der Waals surface area contributed by atoms with Crippen molar-refractivity contribution in [3.05, 3.63) is 60.0 Å². The third kappa shape index (κ3) is 3.31. The Hall–Kier alpha value is -2.57. The smallest absolute Gasteiger partial charge is 0.202 e. The predicted octanol–water partition coefficient (Wildman–Crippen LogP) is 3.25. The lowest BCUT2D eigenvalue weighted by atomic mass is 10.0. The maximum atomic E-state index is 10.2. The maximum Gasteiger partial charge on any atom is 0.202 e. The Morgan fingerprint density at radius 3 is 2.96 bits per heavy atom. The SMILES string of the molecule is COc1cccc([C@@H]2C[C@@H](O)CN2Cc2cc(-c3ccco3)on2)c1. The van der Waals surface area contributed by atoms with E-state index >= 15 is 0 Å². The fraction of sp³-hybridized carbons (Fsp3) is 0.316. The molecule has 1 aliphatic heterocycles. The molecule has 25 heavy (non-hydrogen) atoms. The quantitative estimate of drug-likeness (QED) is 0.769. The summed E-state index contributed by atoms with van der Waals surface area (Å²) >= 11 is 0. The van der Waals surface area contributed by atoms with E-state index in [9.17, 15) is 5.11 Å². The van der Waals surface area contributed by atoms with Crippen LogP contribution >= 0.6 is 0 Å². The van der Waals surface area contributed by atoms with Gasteiger partial charge >= 0.3 is 0 Å². The standard InChI is InChI=1S/C19H20N2O4/c1-23-16-5-2-4-13(8-16)17-10-15(22)12-21(17)11-14-9-19(25-20-14)18-6-3-7-24-18/h2-9,15,17,22H,10-12H2,1H3/t15-,17+/m1/s1. The summed E-state index contributed by atoms with van der Waals surface area (Å²) in [6.45, 7) is 1.20. The van der Waals surface area contributed by atoms with Crippen LogP contribution in [0.4, 0.5) is 0 Å². The lowest BCUT2D eigenvalue weighted by molar-refractivity contribution is 0.171. The lowest BCUT2D eigenvalue weighted by Gasteiger charge is -2.23.